The third-order valence-electron chi connectivity index (χ3n) is 5.81. The maximum Gasteiger partial charge on any atom is 0.128 e. The number of hydrogen-bond acceptors (Lipinski definition) is 4. The zero-order valence-corrected chi connectivity index (χ0v) is 14.6. The highest BCUT2D eigenvalue weighted by Crippen LogP contribution is 2.41. The molecule has 2 aliphatic heterocycles. The van der Waals surface area contributed by atoms with Crippen molar-refractivity contribution in [1.82, 2.24) is 9.88 Å². The third kappa shape index (κ3) is 3.52. The molecule has 4 rings (SSSR count). The fourth-order valence-electron chi connectivity index (χ4n) is 4.21. The number of aromatic nitrogens is 1. The number of piperidine rings is 1. The van der Waals surface area contributed by atoms with Crippen LogP contribution in [0.15, 0.2) is 48.7 Å². The summed E-state index contributed by atoms with van der Waals surface area (Å²) in [5, 5.41) is 8.91. The number of nitrogens with zero attached hydrogens (tertiary/aromatic N) is 4. The van der Waals surface area contributed by atoms with Crippen LogP contribution in [-0.4, -0.2) is 36.1 Å². The molecule has 4 heteroatoms. The van der Waals surface area contributed by atoms with E-state index in [0.717, 1.165) is 25.5 Å². The normalized spacial score (nSPS) is 19.9. The first-order chi connectivity index (χ1) is 12.3. The summed E-state index contributed by atoms with van der Waals surface area (Å²) in [6.45, 7) is 5.62. The largest absolute Gasteiger partial charge is 0.356 e. The van der Waals surface area contributed by atoms with Crippen molar-refractivity contribution >= 4 is 5.82 Å². The molecule has 0 aliphatic carbocycles. The lowest BCUT2D eigenvalue weighted by molar-refractivity contribution is 0.115. The van der Waals surface area contributed by atoms with E-state index in [1.54, 1.807) is 6.20 Å². The predicted molar refractivity (Wildman–Crippen MR) is 99.2 cm³/mol. The van der Waals surface area contributed by atoms with Crippen molar-refractivity contribution in [3.05, 3.63) is 59.8 Å². The van der Waals surface area contributed by atoms with Gasteiger partial charge in [-0.25, -0.2) is 4.98 Å². The molecule has 2 aromatic rings. The van der Waals surface area contributed by atoms with Gasteiger partial charge in [0.2, 0.25) is 0 Å². The van der Waals surface area contributed by atoms with Crippen molar-refractivity contribution in [2.45, 2.75) is 25.8 Å². The molecule has 128 valence electrons. The second kappa shape index (κ2) is 6.85. The number of pyridine rings is 1. The molecular formula is C21H24N4. The van der Waals surface area contributed by atoms with Crippen molar-refractivity contribution in [1.29, 1.82) is 5.26 Å². The van der Waals surface area contributed by atoms with Crippen molar-refractivity contribution in [3.8, 4) is 6.07 Å². The van der Waals surface area contributed by atoms with Gasteiger partial charge in [0.25, 0.3) is 0 Å². The molecule has 0 radical (unpaired) electrons. The Kier molecular flexibility index (Phi) is 4.42. The van der Waals surface area contributed by atoms with Crippen LogP contribution in [0, 0.1) is 16.7 Å². The molecule has 25 heavy (non-hydrogen) atoms. The highest BCUT2D eigenvalue weighted by molar-refractivity contribution is 5.43. The van der Waals surface area contributed by atoms with E-state index in [-0.39, 0.29) is 0 Å². The van der Waals surface area contributed by atoms with Gasteiger partial charge in [-0.05, 0) is 55.5 Å². The van der Waals surface area contributed by atoms with Gasteiger partial charge in [-0.1, -0.05) is 30.3 Å². The number of likely N-dealkylation sites (tertiary alicyclic amines) is 1. The fraction of sp³-hybridized carbons (Fsp3) is 0.429. The van der Waals surface area contributed by atoms with E-state index in [9.17, 15) is 0 Å². The van der Waals surface area contributed by atoms with E-state index in [0.29, 0.717) is 11.0 Å². The second-order valence-electron chi connectivity index (χ2n) is 7.45. The Balaban J connectivity index is 1.34. The van der Waals surface area contributed by atoms with Crippen LogP contribution in [0.25, 0.3) is 0 Å². The van der Waals surface area contributed by atoms with Crippen LogP contribution in [0.4, 0.5) is 5.82 Å². The molecule has 1 aromatic carbocycles. The molecular weight excluding hydrogens is 308 g/mol. The lowest BCUT2D eigenvalue weighted by Gasteiger charge is -2.39. The van der Waals surface area contributed by atoms with Gasteiger partial charge >= 0.3 is 0 Å². The quantitative estimate of drug-likeness (QED) is 0.863. The van der Waals surface area contributed by atoms with Crippen molar-refractivity contribution in [2.24, 2.45) is 5.41 Å². The average molecular weight is 332 g/mol. The second-order valence-corrected chi connectivity index (χ2v) is 7.45. The van der Waals surface area contributed by atoms with Crippen LogP contribution >= 0.6 is 0 Å². The molecule has 1 spiro atoms. The van der Waals surface area contributed by atoms with Crippen LogP contribution in [0.1, 0.15) is 30.4 Å². The number of anilines is 1. The van der Waals surface area contributed by atoms with Crippen molar-refractivity contribution in [3.63, 3.8) is 0 Å². The lowest BCUT2D eigenvalue weighted by Crippen LogP contribution is -2.41. The topological polar surface area (TPSA) is 43.2 Å². The Hall–Kier alpha value is -2.38. The molecule has 1 aromatic heterocycles. The number of hydrogen-bond donors (Lipinski definition) is 0. The van der Waals surface area contributed by atoms with Gasteiger partial charge in [0, 0.05) is 25.8 Å². The molecule has 2 aliphatic rings. The summed E-state index contributed by atoms with van der Waals surface area (Å²) in [6, 6.07) is 16.8. The summed E-state index contributed by atoms with van der Waals surface area (Å²) in [5.74, 6) is 1.02. The summed E-state index contributed by atoms with van der Waals surface area (Å²) in [7, 11) is 0. The molecule has 2 fully saturated rings. The van der Waals surface area contributed by atoms with E-state index in [1.165, 1.54) is 37.9 Å². The van der Waals surface area contributed by atoms with E-state index in [2.05, 4.69) is 51.2 Å². The van der Waals surface area contributed by atoms with Gasteiger partial charge in [0.15, 0.2) is 0 Å². The summed E-state index contributed by atoms with van der Waals surface area (Å²) in [5.41, 5.74) is 2.49. The van der Waals surface area contributed by atoms with Gasteiger partial charge in [0.1, 0.15) is 11.9 Å². The van der Waals surface area contributed by atoms with Crippen molar-refractivity contribution in [2.75, 3.05) is 31.1 Å². The van der Waals surface area contributed by atoms with E-state index in [1.807, 2.05) is 12.1 Å². The highest BCUT2D eigenvalue weighted by atomic mass is 15.2. The molecule has 4 nitrogen and oxygen atoms in total. The molecule has 2 saturated heterocycles. The maximum atomic E-state index is 8.91. The number of benzene rings is 1. The van der Waals surface area contributed by atoms with Crippen LogP contribution in [-0.2, 0) is 6.54 Å². The third-order valence-corrected chi connectivity index (χ3v) is 5.81. The molecule has 0 unspecified atom stereocenters. The van der Waals surface area contributed by atoms with Crippen LogP contribution < -0.4 is 4.90 Å². The monoisotopic (exact) mass is 332 g/mol. The Bertz CT molecular complexity index is 740. The van der Waals surface area contributed by atoms with Gasteiger partial charge in [-0.2, -0.15) is 5.26 Å². The van der Waals surface area contributed by atoms with Gasteiger partial charge < -0.3 is 4.90 Å². The Morgan fingerprint density at radius 3 is 2.44 bits per heavy atom. The summed E-state index contributed by atoms with van der Waals surface area (Å²) >= 11 is 0. The standard InChI is InChI=1S/C21H24N4/c22-14-19-6-7-20(23-15-19)25-13-10-21(17-25)8-11-24(12-9-21)16-18-4-2-1-3-5-18/h1-7,15H,8-13,16-17H2. The maximum absolute atomic E-state index is 8.91. The number of rotatable bonds is 3. The van der Waals surface area contributed by atoms with Crippen LogP contribution in [0.5, 0.6) is 0 Å². The summed E-state index contributed by atoms with van der Waals surface area (Å²) in [4.78, 5) is 9.46. The molecule has 0 saturated carbocycles. The lowest BCUT2D eigenvalue weighted by atomic mass is 9.77. The molecule has 3 heterocycles. The Labute approximate surface area is 149 Å². The first-order valence-corrected chi connectivity index (χ1v) is 9.14. The van der Waals surface area contributed by atoms with E-state index in [4.69, 9.17) is 5.26 Å². The molecule has 0 atom stereocenters. The summed E-state index contributed by atoms with van der Waals surface area (Å²) in [6.07, 6.45) is 5.48. The van der Waals surface area contributed by atoms with E-state index >= 15 is 0 Å². The minimum atomic E-state index is 0.447. The van der Waals surface area contributed by atoms with Gasteiger partial charge in [-0.15, -0.1) is 0 Å². The predicted octanol–water partition coefficient (Wildman–Crippen LogP) is 3.45. The van der Waals surface area contributed by atoms with Crippen LogP contribution in [0.3, 0.4) is 0 Å². The first-order valence-electron chi connectivity index (χ1n) is 9.14. The highest BCUT2D eigenvalue weighted by Gasteiger charge is 2.40. The van der Waals surface area contributed by atoms with E-state index < -0.39 is 0 Å². The minimum Gasteiger partial charge on any atom is -0.356 e. The van der Waals surface area contributed by atoms with Crippen molar-refractivity contribution < 1.29 is 0 Å². The minimum absolute atomic E-state index is 0.447. The SMILES string of the molecule is N#Cc1ccc(N2CCC3(CCN(Cc4ccccc4)CC3)C2)nc1. The fourth-order valence-corrected chi connectivity index (χ4v) is 4.21. The number of nitriles is 1. The zero-order valence-electron chi connectivity index (χ0n) is 14.6. The molecule has 0 amide bonds. The van der Waals surface area contributed by atoms with Gasteiger partial charge in [-0.3, -0.25) is 4.90 Å². The Morgan fingerprint density at radius 1 is 1.00 bits per heavy atom. The smallest absolute Gasteiger partial charge is 0.128 e. The average Bonchev–Trinajstić information content (AvgIpc) is 3.09. The molecule has 0 N–H and O–H groups in total. The van der Waals surface area contributed by atoms with Crippen LogP contribution in [0.2, 0.25) is 0 Å². The summed E-state index contributed by atoms with van der Waals surface area (Å²) < 4.78 is 0. The molecule has 0 bridgehead atoms. The van der Waals surface area contributed by atoms with Gasteiger partial charge in [0.05, 0.1) is 5.56 Å². The zero-order chi connectivity index (χ0) is 17.1. The first kappa shape index (κ1) is 16.1. The Morgan fingerprint density at radius 2 is 1.76 bits per heavy atom.